The van der Waals surface area contributed by atoms with Crippen molar-refractivity contribution in [2.75, 3.05) is 6.61 Å². The predicted molar refractivity (Wildman–Crippen MR) is 122 cm³/mol. The van der Waals surface area contributed by atoms with Gasteiger partial charge in [0.1, 0.15) is 8.24 Å². The van der Waals surface area contributed by atoms with Crippen LogP contribution in [0.2, 0.25) is 18.1 Å². The Bertz CT molecular complexity index is 439. The number of rotatable bonds is 9. The third-order valence-corrected chi connectivity index (χ3v) is 12.0. The van der Waals surface area contributed by atoms with Gasteiger partial charge in [0.05, 0.1) is 5.60 Å². The first-order valence-corrected chi connectivity index (χ1v) is 14.7. The zero-order valence-electron chi connectivity index (χ0n) is 19.6. The molecule has 0 aromatic rings. The number of nitrogens with one attached hydrogen (secondary N) is 1. The number of fused-ring (bicyclic) bond motifs is 1. The molecule has 4 unspecified atom stereocenters. The second kappa shape index (κ2) is 9.76. The maximum atomic E-state index is 5.88. The second-order valence-electron chi connectivity index (χ2n) is 11.8. The van der Waals surface area contributed by atoms with Crippen molar-refractivity contribution in [2.24, 2.45) is 11.8 Å². The molecular formula is C24H49NOSi. The van der Waals surface area contributed by atoms with E-state index in [-0.39, 0.29) is 11.1 Å². The Morgan fingerprint density at radius 3 is 2.19 bits per heavy atom. The molecule has 2 aliphatic rings. The van der Waals surface area contributed by atoms with Crippen LogP contribution in [0.15, 0.2) is 0 Å². The summed E-state index contributed by atoms with van der Waals surface area (Å²) in [6, 6.07) is 1.47. The molecular weight excluding hydrogens is 346 g/mol. The molecule has 2 fully saturated rings. The minimum absolute atomic E-state index is 0.0150. The Hall–Kier alpha value is 0.137. The van der Waals surface area contributed by atoms with Gasteiger partial charge in [0, 0.05) is 12.1 Å². The first kappa shape index (κ1) is 23.4. The van der Waals surface area contributed by atoms with Crippen molar-refractivity contribution >= 4 is 8.24 Å². The van der Waals surface area contributed by atoms with Gasteiger partial charge in [0.15, 0.2) is 0 Å². The van der Waals surface area contributed by atoms with E-state index in [1.54, 1.807) is 0 Å². The van der Waals surface area contributed by atoms with Gasteiger partial charge in [-0.05, 0) is 71.4 Å². The van der Waals surface area contributed by atoms with Crippen LogP contribution in [-0.2, 0) is 4.74 Å². The molecule has 2 nitrogen and oxygen atoms in total. The Morgan fingerprint density at radius 1 is 0.852 bits per heavy atom. The SMILES string of the molecule is CC(C)(C)N[Si](C)(CCCCCCOC(C)(C)C)C1CCC2CCCCC21. The fraction of sp³-hybridized carbons (Fsp3) is 1.00. The Morgan fingerprint density at radius 2 is 1.52 bits per heavy atom. The van der Waals surface area contributed by atoms with Gasteiger partial charge < -0.3 is 9.72 Å². The van der Waals surface area contributed by atoms with Crippen molar-refractivity contribution in [3.8, 4) is 0 Å². The maximum Gasteiger partial charge on any atom is 0.126 e. The summed E-state index contributed by atoms with van der Waals surface area (Å²) >= 11 is 0. The summed E-state index contributed by atoms with van der Waals surface area (Å²) in [4.78, 5) is 4.24. The van der Waals surface area contributed by atoms with Crippen LogP contribution in [-0.4, -0.2) is 26.0 Å². The van der Waals surface area contributed by atoms with E-state index in [2.05, 4.69) is 53.1 Å². The van der Waals surface area contributed by atoms with Gasteiger partial charge in [-0.3, -0.25) is 0 Å². The molecule has 0 radical (unpaired) electrons. The molecule has 0 aromatic heterocycles. The minimum Gasteiger partial charge on any atom is -0.376 e. The monoisotopic (exact) mass is 395 g/mol. The average molecular weight is 396 g/mol. The van der Waals surface area contributed by atoms with Crippen LogP contribution in [0.1, 0.15) is 106 Å². The van der Waals surface area contributed by atoms with Gasteiger partial charge in [0.2, 0.25) is 0 Å². The van der Waals surface area contributed by atoms with E-state index in [0.29, 0.717) is 0 Å². The molecule has 0 heterocycles. The van der Waals surface area contributed by atoms with Crippen LogP contribution in [0.5, 0.6) is 0 Å². The van der Waals surface area contributed by atoms with Crippen molar-refractivity contribution in [1.29, 1.82) is 0 Å². The molecule has 27 heavy (non-hydrogen) atoms. The highest BCUT2D eigenvalue weighted by Crippen LogP contribution is 2.53. The van der Waals surface area contributed by atoms with Crippen LogP contribution in [0.3, 0.4) is 0 Å². The van der Waals surface area contributed by atoms with E-state index in [1.165, 1.54) is 70.3 Å². The summed E-state index contributed by atoms with van der Waals surface area (Å²) in [5, 5.41) is 0. The normalized spacial score (nSPS) is 28.8. The fourth-order valence-corrected chi connectivity index (χ4v) is 11.6. The van der Waals surface area contributed by atoms with E-state index < -0.39 is 8.24 Å². The third-order valence-electron chi connectivity index (χ3n) is 6.94. The van der Waals surface area contributed by atoms with Crippen molar-refractivity contribution in [1.82, 2.24) is 4.98 Å². The fourth-order valence-electron chi connectivity index (χ4n) is 6.05. The highest BCUT2D eigenvalue weighted by atomic mass is 28.3. The van der Waals surface area contributed by atoms with Crippen molar-refractivity contribution < 1.29 is 4.74 Å². The molecule has 0 saturated heterocycles. The van der Waals surface area contributed by atoms with Gasteiger partial charge in [-0.1, -0.05) is 64.3 Å². The van der Waals surface area contributed by atoms with Crippen LogP contribution >= 0.6 is 0 Å². The predicted octanol–water partition coefficient (Wildman–Crippen LogP) is 7.30. The molecule has 2 saturated carbocycles. The summed E-state index contributed by atoms with van der Waals surface area (Å²) < 4.78 is 5.88. The zero-order valence-corrected chi connectivity index (χ0v) is 20.6. The van der Waals surface area contributed by atoms with Gasteiger partial charge in [0.25, 0.3) is 0 Å². The van der Waals surface area contributed by atoms with Crippen LogP contribution in [0.25, 0.3) is 0 Å². The van der Waals surface area contributed by atoms with Crippen LogP contribution in [0.4, 0.5) is 0 Å². The lowest BCUT2D eigenvalue weighted by Gasteiger charge is -2.44. The van der Waals surface area contributed by atoms with Gasteiger partial charge >= 0.3 is 0 Å². The molecule has 160 valence electrons. The maximum absolute atomic E-state index is 5.88. The summed E-state index contributed by atoms with van der Waals surface area (Å²) in [5.74, 6) is 2.11. The lowest BCUT2D eigenvalue weighted by atomic mass is 9.82. The van der Waals surface area contributed by atoms with Crippen LogP contribution < -0.4 is 4.98 Å². The molecule has 0 aliphatic heterocycles. The summed E-state index contributed by atoms with van der Waals surface area (Å²) in [7, 11) is -1.44. The highest BCUT2D eigenvalue weighted by Gasteiger charge is 2.48. The standard InChI is InChI=1S/C24H49NOSi/c1-23(2,3)25-27(7,19-13-9-8-12-18-26-24(4,5)6)22-17-16-20-14-10-11-15-21(20)22/h20-22,25H,8-19H2,1-7H3. The average Bonchev–Trinajstić information content (AvgIpc) is 2.96. The lowest BCUT2D eigenvalue weighted by Crippen LogP contribution is -2.59. The third kappa shape index (κ3) is 7.82. The van der Waals surface area contributed by atoms with Gasteiger partial charge in [-0.2, -0.15) is 0 Å². The van der Waals surface area contributed by atoms with E-state index in [9.17, 15) is 0 Å². The van der Waals surface area contributed by atoms with Gasteiger partial charge in [-0.15, -0.1) is 0 Å². The molecule has 0 amide bonds. The number of hydrogen-bond acceptors (Lipinski definition) is 2. The Kier molecular flexibility index (Phi) is 8.46. The first-order valence-electron chi connectivity index (χ1n) is 11.9. The van der Waals surface area contributed by atoms with Crippen LogP contribution in [0, 0.1) is 11.8 Å². The second-order valence-corrected chi connectivity index (χ2v) is 16.1. The summed E-state index contributed by atoms with van der Waals surface area (Å²) in [5.41, 5.74) is 1.29. The molecule has 4 atom stereocenters. The number of ether oxygens (including phenoxy) is 1. The first-order chi connectivity index (χ1) is 12.5. The number of unbranched alkanes of at least 4 members (excludes halogenated alkanes) is 3. The smallest absolute Gasteiger partial charge is 0.126 e. The molecule has 0 spiro atoms. The van der Waals surface area contributed by atoms with E-state index in [0.717, 1.165) is 24.0 Å². The Labute approximate surface area is 171 Å². The lowest BCUT2D eigenvalue weighted by molar-refractivity contribution is -0.00471. The molecule has 0 aromatic carbocycles. The largest absolute Gasteiger partial charge is 0.376 e. The minimum atomic E-state index is -1.44. The molecule has 2 rings (SSSR count). The van der Waals surface area contributed by atoms with Crippen molar-refractivity contribution in [3.05, 3.63) is 0 Å². The highest BCUT2D eigenvalue weighted by molar-refractivity contribution is 6.78. The zero-order chi connectivity index (χ0) is 20.1. The van der Waals surface area contributed by atoms with Crippen molar-refractivity contribution in [2.45, 2.75) is 135 Å². The van der Waals surface area contributed by atoms with Crippen molar-refractivity contribution in [3.63, 3.8) is 0 Å². The molecule has 3 heteroatoms. The molecule has 2 aliphatic carbocycles. The van der Waals surface area contributed by atoms with E-state index in [1.807, 2.05) is 0 Å². The Balaban J connectivity index is 1.84. The van der Waals surface area contributed by atoms with Gasteiger partial charge in [-0.25, -0.2) is 0 Å². The van der Waals surface area contributed by atoms with E-state index >= 15 is 0 Å². The van der Waals surface area contributed by atoms with E-state index in [4.69, 9.17) is 4.74 Å². The topological polar surface area (TPSA) is 21.3 Å². The summed E-state index contributed by atoms with van der Waals surface area (Å²) in [6.07, 6.45) is 14.4. The number of hydrogen-bond donors (Lipinski definition) is 1. The quantitative estimate of drug-likeness (QED) is 0.327. The summed E-state index contributed by atoms with van der Waals surface area (Å²) in [6.45, 7) is 17.2. The molecule has 0 bridgehead atoms. The molecule has 1 N–H and O–H groups in total.